The van der Waals surface area contributed by atoms with Crippen molar-refractivity contribution in [3.8, 4) is 0 Å². The fraction of sp³-hybridized carbons (Fsp3) is 0.556. The summed E-state index contributed by atoms with van der Waals surface area (Å²) in [7, 11) is 0. The molecule has 0 aliphatic heterocycles. The highest BCUT2D eigenvalue weighted by Crippen LogP contribution is 2.24. The second-order valence-electron chi connectivity index (χ2n) is 3.53. The molecule has 1 saturated carbocycles. The minimum atomic E-state index is -0.779. The SMILES string of the molecule is Nc1cncc(N[C@@H]2CCC[C@@H]2F)n1. The summed E-state index contributed by atoms with van der Waals surface area (Å²) in [6.07, 6.45) is 4.64. The van der Waals surface area contributed by atoms with Crippen LogP contribution in [0.2, 0.25) is 0 Å². The van der Waals surface area contributed by atoms with Crippen LogP contribution in [0.1, 0.15) is 19.3 Å². The molecular formula is C9H13FN4. The Morgan fingerprint density at radius 3 is 2.93 bits per heavy atom. The van der Waals surface area contributed by atoms with Gasteiger partial charge in [-0.3, -0.25) is 4.98 Å². The summed E-state index contributed by atoms with van der Waals surface area (Å²) in [5.74, 6) is 0.906. The molecule has 4 nitrogen and oxygen atoms in total. The van der Waals surface area contributed by atoms with Crippen molar-refractivity contribution < 1.29 is 4.39 Å². The van der Waals surface area contributed by atoms with Gasteiger partial charge in [0.1, 0.15) is 17.8 Å². The summed E-state index contributed by atoms with van der Waals surface area (Å²) in [6.45, 7) is 0. The molecule has 3 N–H and O–H groups in total. The third-order valence-electron chi connectivity index (χ3n) is 2.42. The first-order valence-corrected chi connectivity index (χ1v) is 4.74. The molecule has 2 rings (SSSR count). The van der Waals surface area contributed by atoms with E-state index >= 15 is 0 Å². The van der Waals surface area contributed by atoms with Gasteiger partial charge in [0.25, 0.3) is 0 Å². The van der Waals surface area contributed by atoms with Crippen molar-refractivity contribution in [2.24, 2.45) is 0 Å². The highest BCUT2D eigenvalue weighted by Gasteiger charge is 2.26. The van der Waals surface area contributed by atoms with E-state index in [1.807, 2.05) is 0 Å². The Labute approximate surface area is 81.7 Å². The summed E-state index contributed by atoms with van der Waals surface area (Å²) in [5.41, 5.74) is 5.46. The average Bonchev–Trinajstić information content (AvgIpc) is 2.52. The van der Waals surface area contributed by atoms with Crippen LogP contribution in [-0.2, 0) is 0 Å². The molecule has 5 heteroatoms. The van der Waals surface area contributed by atoms with Gasteiger partial charge in [-0.15, -0.1) is 0 Å². The van der Waals surface area contributed by atoms with Gasteiger partial charge in [-0.05, 0) is 19.3 Å². The van der Waals surface area contributed by atoms with Gasteiger partial charge in [-0.25, -0.2) is 9.37 Å². The number of nitrogen functional groups attached to an aromatic ring is 1. The standard InChI is InChI=1S/C9H13FN4/c10-6-2-1-3-7(6)13-9-5-12-4-8(11)14-9/h4-7H,1-3H2,(H3,11,13,14)/t6-,7+/m0/s1. The van der Waals surface area contributed by atoms with Crippen molar-refractivity contribution in [2.45, 2.75) is 31.5 Å². The van der Waals surface area contributed by atoms with Crippen molar-refractivity contribution in [1.29, 1.82) is 0 Å². The number of nitrogens with two attached hydrogens (primary N) is 1. The molecule has 0 amide bonds. The molecule has 0 unspecified atom stereocenters. The maximum absolute atomic E-state index is 13.2. The van der Waals surface area contributed by atoms with E-state index in [4.69, 9.17) is 5.73 Å². The Kier molecular flexibility index (Phi) is 2.47. The van der Waals surface area contributed by atoms with E-state index in [1.165, 1.54) is 6.20 Å². The molecule has 1 aliphatic carbocycles. The largest absolute Gasteiger partial charge is 0.382 e. The predicted molar refractivity (Wildman–Crippen MR) is 52.6 cm³/mol. The van der Waals surface area contributed by atoms with E-state index in [1.54, 1.807) is 6.20 Å². The first kappa shape index (κ1) is 9.18. The molecule has 0 radical (unpaired) electrons. The number of nitrogens with one attached hydrogen (secondary N) is 1. The molecule has 76 valence electrons. The number of nitrogens with zero attached hydrogens (tertiary/aromatic N) is 2. The van der Waals surface area contributed by atoms with Crippen molar-refractivity contribution in [3.05, 3.63) is 12.4 Å². The zero-order chi connectivity index (χ0) is 9.97. The van der Waals surface area contributed by atoms with Crippen molar-refractivity contribution in [2.75, 3.05) is 11.1 Å². The van der Waals surface area contributed by atoms with E-state index in [9.17, 15) is 4.39 Å². The summed E-state index contributed by atoms with van der Waals surface area (Å²) in [4.78, 5) is 7.89. The number of anilines is 2. The van der Waals surface area contributed by atoms with Gasteiger partial charge in [0.15, 0.2) is 0 Å². The molecule has 14 heavy (non-hydrogen) atoms. The highest BCUT2D eigenvalue weighted by atomic mass is 19.1. The lowest BCUT2D eigenvalue weighted by atomic mass is 10.2. The van der Waals surface area contributed by atoms with Gasteiger partial charge in [-0.1, -0.05) is 0 Å². The number of rotatable bonds is 2. The third kappa shape index (κ3) is 1.92. The Morgan fingerprint density at radius 2 is 2.29 bits per heavy atom. The maximum Gasteiger partial charge on any atom is 0.147 e. The van der Waals surface area contributed by atoms with Gasteiger partial charge >= 0.3 is 0 Å². The Balaban J connectivity index is 2.03. The third-order valence-corrected chi connectivity index (χ3v) is 2.42. The van der Waals surface area contributed by atoms with Gasteiger partial charge in [0.05, 0.1) is 18.4 Å². The van der Waals surface area contributed by atoms with E-state index in [2.05, 4.69) is 15.3 Å². The number of hydrogen-bond acceptors (Lipinski definition) is 4. The number of alkyl halides is 1. The lowest BCUT2D eigenvalue weighted by Gasteiger charge is -2.14. The summed E-state index contributed by atoms with van der Waals surface area (Å²) >= 11 is 0. The molecule has 2 atom stereocenters. The normalized spacial score (nSPS) is 26.4. The minimum Gasteiger partial charge on any atom is -0.382 e. The molecule has 0 bridgehead atoms. The number of halogens is 1. The maximum atomic E-state index is 13.2. The molecule has 0 aromatic carbocycles. The molecule has 1 aromatic rings. The first-order chi connectivity index (χ1) is 6.75. The van der Waals surface area contributed by atoms with Crippen molar-refractivity contribution >= 4 is 11.6 Å². The zero-order valence-electron chi connectivity index (χ0n) is 7.78. The Bertz CT molecular complexity index is 317. The van der Waals surface area contributed by atoms with E-state index in [0.29, 0.717) is 18.1 Å². The van der Waals surface area contributed by atoms with Crippen LogP contribution in [0.4, 0.5) is 16.0 Å². The number of hydrogen-bond donors (Lipinski definition) is 2. The summed E-state index contributed by atoms with van der Waals surface area (Å²) < 4.78 is 13.2. The smallest absolute Gasteiger partial charge is 0.147 e. The average molecular weight is 196 g/mol. The topological polar surface area (TPSA) is 63.8 Å². The molecule has 0 saturated heterocycles. The molecule has 1 aromatic heterocycles. The Hall–Kier alpha value is -1.39. The van der Waals surface area contributed by atoms with E-state index in [0.717, 1.165) is 12.8 Å². The van der Waals surface area contributed by atoms with Crippen LogP contribution in [-0.4, -0.2) is 22.2 Å². The van der Waals surface area contributed by atoms with Crippen LogP contribution in [0, 0.1) is 0 Å². The molecule has 1 fully saturated rings. The van der Waals surface area contributed by atoms with Gasteiger partial charge in [-0.2, -0.15) is 0 Å². The van der Waals surface area contributed by atoms with Crippen LogP contribution in [0.25, 0.3) is 0 Å². The molecular weight excluding hydrogens is 183 g/mol. The van der Waals surface area contributed by atoms with Crippen LogP contribution < -0.4 is 11.1 Å². The van der Waals surface area contributed by atoms with Crippen molar-refractivity contribution in [3.63, 3.8) is 0 Å². The summed E-state index contributed by atoms with van der Waals surface area (Å²) in [5, 5.41) is 3.00. The van der Waals surface area contributed by atoms with Crippen LogP contribution in [0.3, 0.4) is 0 Å². The van der Waals surface area contributed by atoms with E-state index in [-0.39, 0.29) is 6.04 Å². The number of aromatic nitrogens is 2. The molecule has 1 heterocycles. The fourth-order valence-corrected chi connectivity index (χ4v) is 1.72. The first-order valence-electron chi connectivity index (χ1n) is 4.74. The van der Waals surface area contributed by atoms with Crippen molar-refractivity contribution in [1.82, 2.24) is 9.97 Å². The van der Waals surface area contributed by atoms with Gasteiger partial charge < -0.3 is 11.1 Å². The lowest BCUT2D eigenvalue weighted by molar-refractivity contribution is 0.323. The van der Waals surface area contributed by atoms with E-state index < -0.39 is 6.17 Å². The van der Waals surface area contributed by atoms with Crippen LogP contribution >= 0.6 is 0 Å². The Morgan fingerprint density at radius 1 is 1.43 bits per heavy atom. The van der Waals surface area contributed by atoms with Crippen LogP contribution in [0.5, 0.6) is 0 Å². The van der Waals surface area contributed by atoms with Gasteiger partial charge in [0.2, 0.25) is 0 Å². The zero-order valence-corrected chi connectivity index (χ0v) is 7.78. The second kappa shape index (κ2) is 3.77. The quantitative estimate of drug-likeness (QED) is 0.749. The van der Waals surface area contributed by atoms with Gasteiger partial charge in [0, 0.05) is 0 Å². The highest BCUT2D eigenvalue weighted by molar-refractivity contribution is 5.39. The predicted octanol–water partition coefficient (Wildman–Crippen LogP) is 1.36. The lowest BCUT2D eigenvalue weighted by Crippen LogP contribution is -2.25. The minimum absolute atomic E-state index is 0.133. The molecule has 0 spiro atoms. The monoisotopic (exact) mass is 196 g/mol. The van der Waals surface area contributed by atoms with Crippen LogP contribution in [0.15, 0.2) is 12.4 Å². The molecule has 1 aliphatic rings. The fourth-order valence-electron chi connectivity index (χ4n) is 1.72. The second-order valence-corrected chi connectivity index (χ2v) is 3.53. The summed E-state index contributed by atoms with van der Waals surface area (Å²) in [6, 6.07) is -0.133.